The maximum Gasteiger partial charge on any atom is 0.123 e. The lowest BCUT2D eigenvalue weighted by molar-refractivity contribution is 0.209. The Kier molecular flexibility index (Phi) is 3.63. The lowest BCUT2D eigenvalue weighted by Gasteiger charge is -2.28. The van der Waals surface area contributed by atoms with Crippen LogP contribution in [0.5, 0.6) is 0 Å². The Morgan fingerprint density at radius 1 is 1.09 bits per heavy atom. The third-order valence-corrected chi connectivity index (χ3v) is 4.19. The van der Waals surface area contributed by atoms with Gasteiger partial charge >= 0.3 is 0 Å². The second-order valence-corrected chi connectivity index (χ2v) is 5.79. The van der Waals surface area contributed by atoms with Gasteiger partial charge < -0.3 is 4.57 Å². The molecule has 0 radical (unpaired) electrons. The fraction of sp³-hybridized carbons (Fsp3) is 0.222. The second kappa shape index (κ2) is 5.93. The molecule has 23 heavy (non-hydrogen) atoms. The molecule has 5 heteroatoms. The molecule has 1 aromatic carbocycles. The number of aromatic nitrogens is 3. The summed E-state index contributed by atoms with van der Waals surface area (Å²) in [6.45, 7) is 3.47. The van der Waals surface area contributed by atoms with Crippen LogP contribution < -0.4 is 0 Å². The van der Waals surface area contributed by atoms with Gasteiger partial charge in [-0.3, -0.25) is 9.88 Å². The first-order valence-electron chi connectivity index (χ1n) is 7.71. The van der Waals surface area contributed by atoms with Gasteiger partial charge in [-0.2, -0.15) is 0 Å². The Labute approximate surface area is 134 Å². The lowest BCUT2D eigenvalue weighted by atomic mass is 10.1. The van der Waals surface area contributed by atoms with Crippen molar-refractivity contribution in [1.82, 2.24) is 19.4 Å². The van der Waals surface area contributed by atoms with E-state index < -0.39 is 0 Å². The summed E-state index contributed by atoms with van der Waals surface area (Å²) < 4.78 is 15.6. The highest BCUT2D eigenvalue weighted by Crippen LogP contribution is 2.25. The normalized spacial score (nSPS) is 14.7. The zero-order valence-electron chi connectivity index (χ0n) is 12.7. The first-order valence-corrected chi connectivity index (χ1v) is 7.71. The molecule has 0 amide bonds. The number of benzene rings is 1. The van der Waals surface area contributed by atoms with E-state index in [0.717, 1.165) is 43.3 Å². The van der Waals surface area contributed by atoms with Crippen LogP contribution in [0, 0.1) is 5.82 Å². The molecule has 2 aromatic heterocycles. The lowest BCUT2D eigenvalue weighted by Crippen LogP contribution is -2.33. The molecular formula is C18H17FN4. The van der Waals surface area contributed by atoms with Crippen molar-refractivity contribution in [3.8, 4) is 11.3 Å². The largest absolute Gasteiger partial charge is 0.326 e. The molecule has 0 saturated carbocycles. The fourth-order valence-corrected chi connectivity index (χ4v) is 3.07. The number of hydrogen-bond acceptors (Lipinski definition) is 3. The smallest absolute Gasteiger partial charge is 0.123 e. The van der Waals surface area contributed by atoms with Crippen molar-refractivity contribution < 1.29 is 4.39 Å². The Bertz CT molecular complexity index is 813. The van der Waals surface area contributed by atoms with E-state index in [2.05, 4.69) is 25.5 Å². The van der Waals surface area contributed by atoms with Crippen LogP contribution in [0.3, 0.4) is 0 Å². The van der Waals surface area contributed by atoms with E-state index in [1.165, 1.54) is 11.6 Å². The summed E-state index contributed by atoms with van der Waals surface area (Å²) in [5, 5.41) is 0. The molecular weight excluding hydrogens is 291 g/mol. The van der Waals surface area contributed by atoms with Crippen molar-refractivity contribution in [3.05, 3.63) is 72.2 Å². The van der Waals surface area contributed by atoms with Gasteiger partial charge in [0.25, 0.3) is 0 Å². The highest BCUT2D eigenvalue weighted by molar-refractivity contribution is 5.59. The Morgan fingerprint density at radius 3 is 2.87 bits per heavy atom. The third kappa shape index (κ3) is 2.87. The predicted octanol–water partition coefficient (Wildman–Crippen LogP) is 3.10. The van der Waals surface area contributed by atoms with Crippen LogP contribution in [0.1, 0.15) is 11.4 Å². The number of pyridine rings is 1. The zero-order valence-corrected chi connectivity index (χ0v) is 12.7. The van der Waals surface area contributed by atoms with Gasteiger partial charge in [-0.25, -0.2) is 9.37 Å². The molecule has 0 saturated heterocycles. The zero-order chi connectivity index (χ0) is 15.6. The maximum absolute atomic E-state index is 13.5. The van der Waals surface area contributed by atoms with E-state index >= 15 is 0 Å². The third-order valence-electron chi connectivity index (χ3n) is 4.19. The van der Waals surface area contributed by atoms with E-state index in [4.69, 9.17) is 0 Å². The number of imidazole rings is 1. The minimum atomic E-state index is -0.216. The molecule has 0 fully saturated rings. The summed E-state index contributed by atoms with van der Waals surface area (Å²) in [6.07, 6.45) is 5.54. The van der Waals surface area contributed by atoms with Crippen LogP contribution >= 0.6 is 0 Å². The molecule has 0 bridgehead atoms. The van der Waals surface area contributed by atoms with Crippen molar-refractivity contribution in [1.29, 1.82) is 0 Å². The van der Waals surface area contributed by atoms with Crippen LogP contribution in [0.4, 0.5) is 4.39 Å². The number of nitrogens with zero attached hydrogens (tertiary/aromatic N) is 4. The highest BCUT2D eigenvalue weighted by atomic mass is 19.1. The summed E-state index contributed by atoms with van der Waals surface area (Å²) in [4.78, 5) is 11.1. The predicted molar refractivity (Wildman–Crippen MR) is 86.0 cm³/mol. The summed E-state index contributed by atoms with van der Waals surface area (Å²) in [5.41, 5.74) is 3.07. The van der Waals surface area contributed by atoms with Crippen LogP contribution in [0.15, 0.2) is 55.0 Å². The highest BCUT2D eigenvalue weighted by Gasteiger charge is 2.20. The fourth-order valence-electron chi connectivity index (χ4n) is 3.07. The van der Waals surface area contributed by atoms with Gasteiger partial charge in [-0.05, 0) is 23.8 Å². The summed E-state index contributed by atoms with van der Waals surface area (Å²) in [7, 11) is 0. The summed E-state index contributed by atoms with van der Waals surface area (Å²) in [6, 6.07) is 10.7. The van der Waals surface area contributed by atoms with Gasteiger partial charge in [0, 0.05) is 37.6 Å². The van der Waals surface area contributed by atoms with Crippen LogP contribution in [0.2, 0.25) is 0 Å². The summed E-state index contributed by atoms with van der Waals surface area (Å²) >= 11 is 0. The molecule has 0 atom stereocenters. The minimum Gasteiger partial charge on any atom is -0.326 e. The van der Waals surface area contributed by atoms with E-state index in [1.54, 1.807) is 18.3 Å². The van der Waals surface area contributed by atoms with Crippen LogP contribution in [-0.2, 0) is 19.6 Å². The average Bonchev–Trinajstić information content (AvgIpc) is 2.99. The van der Waals surface area contributed by atoms with E-state index in [1.807, 2.05) is 24.5 Å². The molecule has 4 rings (SSSR count). The van der Waals surface area contributed by atoms with Gasteiger partial charge in [0.2, 0.25) is 0 Å². The molecule has 1 aliphatic rings. The first-order chi connectivity index (χ1) is 11.3. The Morgan fingerprint density at radius 2 is 2.04 bits per heavy atom. The molecule has 0 unspecified atom stereocenters. The van der Waals surface area contributed by atoms with E-state index in [-0.39, 0.29) is 5.82 Å². The van der Waals surface area contributed by atoms with Gasteiger partial charge in [-0.15, -0.1) is 0 Å². The summed E-state index contributed by atoms with van der Waals surface area (Å²) in [5.74, 6) is 0.812. The minimum absolute atomic E-state index is 0.216. The Hall–Kier alpha value is -2.53. The molecule has 3 heterocycles. The van der Waals surface area contributed by atoms with Crippen LogP contribution in [-0.4, -0.2) is 26.0 Å². The van der Waals surface area contributed by atoms with Gasteiger partial charge in [0.05, 0.1) is 18.4 Å². The van der Waals surface area contributed by atoms with Crippen molar-refractivity contribution in [2.75, 3.05) is 6.54 Å². The topological polar surface area (TPSA) is 34.0 Å². The molecule has 0 aliphatic carbocycles. The number of halogens is 1. The number of hydrogen-bond donors (Lipinski definition) is 0. The SMILES string of the molecule is Fc1cccc(-c2cnc3n2CCN(Cc2cccnc2)C3)c1. The van der Waals surface area contributed by atoms with Crippen molar-refractivity contribution in [2.45, 2.75) is 19.6 Å². The molecule has 116 valence electrons. The molecule has 0 spiro atoms. The van der Waals surface area contributed by atoms with Crippen molar-refractivity contribution in [2.24, 2.45) is 0 Å². The molecule has 1 aliphatic heterocycles. The maximum atomic E-state index is 13.5. The molecule has 0 N–H and O–H groups in total. The van der Waals surface area contributed by atoms with Crippen molar-refractivity contribution >= 4 is 0 Å². The van der Waals surface area contributed by atoms with Crippen LogP contribution in [0.25, 0.3) is 11.3 Å². The first kappa shape index (κ1) is 14.1. The quantitative estimate of drug-likeness (QED) is 0.745. The monoisotopic (exact) mass is 308 g/mol. The van der Waals surface area contributed by atoms with E-state index in [0.29, 0.717) is 0 Å². The average molecular weight is 308 g/mol. The second-order valence-electron chi connectivity index (χ2n) is 5.79. The van der Waals surface area contributed by atoms with Crippen molar-refractivity contribution in [3.63, 3.8) is 0 Å². The van der Waals surface area contributed by atoms with Gasteiger partial charge in [0.1, 0.15) is 11.6 Å². The van der Waals surface area contributed by atoms with E-state index in [9.17, 15) is 4.39 Å². The molecule has 4 nitrogen and oxygen atoms in total. The standard InChI is InChI=1S/C18H17FN4/c19-16-5-1-4-15(9-16)17-11-21-18-13-22(7-8-23(17)18)12-14-3-2-6-20-10-14/h1-6,9-11H,7-8,12-13H2. The number of fused-ring (bicyclic) bond motifs is 1. The van der Waals surface area contributed by atoms with Gasteiger partial charge in [0.15, 0.2) is 0 Å². The van der Waals surface area contributed by atoms with Gasteiger partial charge in [-0.1, -0.05) is 18.2 Å². The number of rotatable bonds is 3. The molecule has 3 aromatic rings. The Balaban J connectivity index is 1.55.